The van der Waals surface area contributed by atoms with Gasteiger partial charge in [0.1, 0.15) is 0 Å². The summed E-state index contributed by atoms with van der Waals surface area (Å²) in [6, 6.07) is 21.4. The van der Waals surface area contributed by atoms with Crippen LogP contribution in [0.2, 0.25) is 0 Å². The zero-order valence-electron chi connectivity index (χ0n) is 19.5. The number of piperazine rings is 1. The molecule has 2 heterocycles. The maximum Gasteiger partial charge on any atom is 0.0367 e. The zero-order valence-corrected chi connectivity index (χ0v) is 19.5. The van der Waals surface area contributed by atoms with E-state index in [4.69, 9.17) is 0 Å². The van der Waals surface area contributed by atoms with Crippen LogP contribution in [0.25, 0.3) is 0 Å². The fourth-order valence-electron chi connectivity index (χ4n) is 7.28. The number of fused-ring (bicyclic) bond motifs is 1. The molecule has 0 radical (unpaired) electrons. The predicted molar refractivity (Wildman–Crippen MR) is 133 cm³/mol. The molecule has 6 rings (SSSR count). The van der Waals surface area contributed by atoms with Gasteiger partial charge in [-0.15, -0.1) is 0 Å². The fourth-order valence-corrected chi connectivity index (χ4v) is 7.28. The number of hydrogen-bond acceptors (Lipinski definition) is 3. The first kappa shape index (κ1) is 20.7. The highest BCUT2D eigenvalue weighted by Gasteiger charge is 2.44. The molecule has 2 saturated carbocycles. The Morgan fingerprint density at radius 2 is 1.41 bits per heavy atom. The van der Waals surface area contributed by atoms with Gasteiger partial charge in [-0.05, 0) is 92.6 Å². The van der Waals surface area contributed by atoms with E-state index in [0.717, 1.165) is 30.3 Å². The Hall–Kier alpha value is -1.84. The third-order valence-electron chi connectivity index (χ3n) is 8.97. The van der Waals surface area contributed by atoms with Crippen LogP contribution in [0.1, 0.15) is 55.6 Å². The van der Waals surface area contributed by atoms with Crippen LogP contribution >= 0.6 is 0 Å². The average Bonchev–Trinajstić information content (AvgIpc) is 3.57. The van der Waals surface area contributed by atoms with E-state index >= 15 is 0 Å². The van der Waals surface area contributed by atoms with E-state index in [1.54, 1.807) is 5.56 Å². The van der Waals surface area contributed by atoms with E-state index in [1.807, 2.05) is 0 Å². The van der Waals surface area contributed by atoms with Gasteiger partial charge in [-0.2, -0.15) is 0 Å². The molecule has 2 aromatic carbocycles. The van der Waals surface area contributed by atoms with Crippen LogP contribution in [0, 0.1) is 11.8 Å². The first-order valence-corrected chi connectivity index (χ1v) is 13.2. The van der Waals surface area contributed by atoms with Gasteiger partial charge in [0.25, 0.3) is 0 Å². The number of nitrogens with zero attached hydrogens (tertiary/aromatic N) is 3. The topological polar surface area (TPSA) is 9.72 Å². The zero-order chi connectivity index (χ0) is 21.3. The number of anilines is 1. The Labute approximate surface area is 194 Å². The van der Waals surface area contributed by atoms with Gasteiger partial charge >= 0.3 is 0 Å². The van der Waals surface area contributed by atoms with Gasteiger partial charge < -0.3 is 4.90 Å². The molecule has 32 heavy (non-hydrogen) atoms. The van der Waals surface area contributed by atoms with Crippen LogP contribution in [0.4, 0.5) is 5.69 Å². The van der Waals surface area contributed by atoms with E-state index in [2.05, 4.69) is 69.3 Å². The first-order valence-electron chi connectivity index (χ1n) is 13.2. The van der Waals surface area contributed by atoms with Crippen LogP contribution in [0.15, 0.2) is 54.6 Å². The number of benzene rings is 2. The van der Waals surface area contributed by atoms with Crippen molar-refractivity contribution in [3.8, 4) is 0 Å². The van der Waals surface area contributed by atoms with Crippen molar-refractivity contribution >= 4 is 5.69 Å². The maximum absolute atomic E-state index is 2.82. The van der Waals surface area contributed by atoms with E-state index in [-0.39, 0.29) is 0 Å². The Kier molecular flexibility index (Phi) is 5.96. The van der Waals surface area contributed by atoms with Crippen molar-refractivity contribution in [2.24, 2.45) is 11.8 Å². The lowest BCUT2D eigenvalue weighted by Crippen LogP contribution is -2.50. The van der Waals surface area contributed by atoms with Crippen LogP contribution in [-0.2, 0) is 6.54 Å². The molecule has 170 valence electrons. The van der Waals surface area contributed by atoms with Crippen molar-refractivity contribution in [2.75, 3.05) is 44.2 Å². The number of para-hydroxylation sites is 1. The molecule has 4 aliphatic rings. The second kappa shape index (κ2) is 9.19. The number of hydrogen-bond donors (Lipinski definition) is 0. The van der Waals surface area contributed by atoms with Crippen molar-refractivity contribution in [3.05, 3.63) is 65.7 Å². The Morgan fingerprint density at radius 1 is 0.688 bits per heavy atom. The third-order valence-corrected chi connectivity index (χ3v) is 8.97. The smallest absolute Gasteiger partial charge is 0.0367 e. The van der Waals surface area contributed by atoms with Crippen molar-refractivity contribution in [3.63, 3.8) is 0 Å². The van der Waals surface area contributed by atoms with Crippen LogP contribution in [-0.4, -0.2) is 55.1 Å². The van der Waals surface area contributed by atoms with E-state index in [1.165, 1.54) is 89.0 Å². The molecule has 0 aromatic heterocycles. The lowest BCUT2D eigenvalue weighted by Gasteiger charge is -2.39. The van der Waals surface area contributed by atoms with Gasteiger partial charge in [0.15, 0.2) is 0 Å². The molecule has 2 saturated heterocycles. The highest BCUT2D eigenvalue weighted by atomic mass is 15.3. The molecule has 0 N–H and O–H groups in total. The highest BCUT2D eigenvalue weighted by Crippen LogP contribution is 2.51. The molecule has 2 unspecified atom stereocenters. The summed E-state index contributed by atoms with van der Waals surface area (Å²) in [6.45, 7) is 8.58. The lowest BCUT2D eigenvalue weighted by molar-refractivity contribution is 0.179. The quantitative estimate of drug-likeness (QED) is 0.632. The summed E-state index contributed by atoms with van der Waals surface area (Å²) in [4.78, 5) is 8.02. The van der Waals surface area contributed by atoms with E-state index in [9.17, 15) is 0 Å². The maximum atomic E-state index is 2.82. The van der Waals surface area contributed by atoms with Gasteiger partial charge in [-0.1, -0.05) is 42.5 Å². The monoisotopic (exact) mass is 429 g/mol. The molecule has 0 amide bonds. The normalized spacial score (nSPS) is 31.3. The molecule has 0 spiro atoms. The second-order valence-corrected chi connectivity index (χ2v) is 10.9. The Balaban J connectivity index is 1.02. The summed E-state index contributed by atoms with van der Waals surface area (Å²) in [7, 11) is 0. The molecule has 0 bridgehead atoms. The molecular formula is C29H39N3. The Bertz CT molecular complexity index is 868. The predicted octanol–water partition coefficient (Wildman–Crippen LogP) is 5.38. The summed E-state index contributed by atoms with van der Waals surface area (Å²) in [5.74, 6) is 2.72. The molecule has 3 heteroatoms. The van der Waals surface area contributed by atoms with Gasteiger partial charge in [-0.3, -0.25) is 9.80 Å². The molecule has 3 nitrogen and oxygen atoms in total. The van der Waals surface area contributed by atoms with Crippen molar-refractivity contribution in [1.82, 2.24) is 9.80 Å². The lowest BCUT2D eigenvalue weighted by atomic mass is 9.92. The number of likely N-dealkylation sites (tertiary alicyclic amines) is 1. The molecule has 2 atom stereocenters. The molecule has 4 fully saturated rings. The van der Waals surface area contributed by atoms with Crippen LogP contribution in [0.5, 0.6) is 0 Å². The summed E-state index contributed by atoms with van der Waals surface area (Å²) in [5, 5.41) is 0. The second-order valence-electron chi connectivity index (χ2n) is 10.9. The van der Waals surface area contributed by atoms with Crippen LogP contribution in [0.3, 0.4) is 0 Å². The minimum atomic E-state index is 0.805. The van der Waals surface area contributed by atoms with Gasteiger partial charge in [-0.25, -0.2) is 0 Å². The largest absolute Gasteiger partial charge is 0.369 e. The molecular weight excluding hydrogens is 390 g/mol. The summed E-state index contributed by atoms with van der Waals surface area (Å²) in [5.41, 5.74) is 4.56. The summed E-state index contributed by atoms with van der Waals surface area (Å²) in [6.07, 6.45) is 8.51. The minimum Gasteiger partial charge on any atom is -0.369 e. The van der Waals surface area contributed by atoms with Gasteiger partial charge in [0, 0.05) is 44.5 Å². The summed E-state index contributed by atoms with van der Waals surface area (Å²) >= 11 is 0. The van der Waals surface area contributed by atoms with Crippen LogP contribution < -0.4 is 4.90 Å². The van der Waals surface area contributed by atoms with Crippen molar-refractivity contribution in [1.29, 1.82) is 0 Å². The van der Waals surface area contributed by atoms with E-state index in [0.29, 0.717) is 0 Å². The molecule has 2 aromatic rings. The van der Waals surface area contributed by atoms with E-state index < -0.39 is 0 Å². The Morgan fingerprint density at radius 3 is 2.12 bits per heavy atom. The fraction of sp³-hybridized carbons (Fsp3) is 0.586. The van der Waals surface area contributed by atoms with Crippen molar-refractivity contribution < 1.29 is 0 Å². The molecule has 2 aliphatic heterocycles. The summed E-state index contributed by atoms with van der Waals surface area (Å²) < 4.78 is 0. The third kappa shape index (κ3) is 4.34. The highest BCUT2D eigenvalue weighted by molar-refractivity contribution is 5.46. The standard InChI is InChI=1S/C29H39N3/c1-2-9-28(10-3-1)31-13-15-32(16-14-31)29-20-26-18-25(19-27(26)21-29)24-8-6-7-23(17-24)22-30-11-4-5-12-30/h1-3,6-10,17,25-27,29H,4-5,11-16,18-22H2. The van der Waals surface area contributed by atoms with Gasteiger partial charge in [0.05, 0.1) is 0 Å². The van der Waals surface area contributed by atoms with Gasteiger partial charge in [0.2, 0.25) is 0 Å². The van der Waals surface area contributed by atoms with Crippen molar-refractivity contribution in [2.45, 2.75) is 57.0 Å². The number of rotatable bonds is 5. The average molecular weight is 430 g/mol. The first-order chi connectivity index (χ1) is 15.8. The SMILES string of the molecule is c1ccc(N2CCN(C3CC4CC(c5cccc(CN6CCCC6)c5)CC4C3)CC2)cc1. The molecule has 2 aliphatic carbocycles. The minimum absolute atomic E-state index is 0.805.